The second-order valence-corrected chi connectivity index (χ2v) is 7.70. The minimum absolute atomic E-state index is 0.0351. The van der Waals surface area contributed by atoms with Gasteiger partial charge in [-0.2, -0.15) is 9.78 Å². The van der Waals surface area contributed by atoms with Crippen LogP contribution in [0.3, 0.4) is 0 Å². The van der Waals surface area contributed by atoms with E-state index in [9.17, 15) is 19.7 Å². The Balaban J connectivity index is 1.44. The summed E-state index contributed by atoms with van der Waals surface area (Å²) in [6.07, 6.45) is 1.52. The summed E-state index contributed by atoms with van der Waals surface area (Å²) >= 11 is 6.38. The van der Waals surface area contributed by atoms with Crippen molar-refractivity contribution in [2.75, 3.05) is 31.1 Å². The van der Waals surface area contributed by atoms with Crippen LogP contribution < -0.4 is 10.5 Å². The van der Waals surface area contributed by atoms with Crippen LogP contribution in [0.4, 0.5) is 11.4 Å². The van der Waals surface area contributed by atoms with E-state index in [0.717, 1.165) is 0 Å². The fraction of sp³-hybridized carbons (Fsp3) is 0.227. The number of benzene rings is 2. The summed E-state index contributed by atoms with van der Waals surface area (Å²) in [5.74, 6) is -0.178. The fourth-order valence-corrected chi connectivity index (χ4v) is 3.96. The number of aromatic nitrogens is 2. The quantitative estimate of drug-likeness (QED) is 0.435. The highest BCUT2D eigenvalue weighted by Gasteiger charge is 2.25. The lowest BCUT2D eigenvalue weighted by Gasteiger charge is -2.36. The van der Waals surface area contributed by atoms with Crippen LogP contribution in [-0.4, -0.2) is 51.7 Å². The van der Waals surface area contributed by atoms with E-state index in [4.69, 9.17) is 11.6 Å². The molecule has 32 heavy (non-hydrogen) atoms. The molecule has 0 bridgehead atoms. The van der Waals surface area contributed by atoms with E-state index in [1.54, 1.807) is 41.4 Å². The average molecular weight is 454 g/mol. The van der Waals surface area contributed by atoms with Gasteiger partial charge in [-0.3, -0.25) is 19.7 Å². The van der Waals surface area contributed by atoms with Crippen molar-refractivity contribution in [2.24, 2.45) is 0 Å². The summed E-state index contributed by atoms with van der Waals surface area (Å²) in [4.78, 5) is 39.7. The maximum absolute atomic E-state index is 12.7. The first kappa shape index (κ1) is 21.5. The van der Waals surface area contributed by atoms with Gasteiger partial charge in [-0.25, -0.2) is 0 Å². The maximum atomic E-state index is 12.7. The van der Waals surface area contributed by atoms with Crippen molar-refractivity contribution in [2.45, 2.75) is 6.42 Å². The van der Waals surface area contributed by atoms with Crippen LogP contribution in [0.2, 0.25) is 5.02 Å². The molecule has 0 atom stereocenters. The van der Waals surface area contributed by atoms with Crippen molar-refractivity contribution in [3.8, 4) is 5.69 Å². The molecule has 0 spiro atoms. The lowest BCUT2D eigenvalue weighted by atomic mass is 10.1. The third-order valence-electron chi connectivity index (χ3n) is 5.40. The Kier molecular flexibility index (Phi) is 6.18. The molecule has 2 heterocycles. The molecule has 3 aromatic rings. The predicted molar refractivity (Wildman–Crippen MR) is 120 cm³/mol. The van der Waals surface area contributed by atoms with Gasteiger partial charge in [0.15, 0.2) is 0 Å². The molecule has 2 aromatic carbocycles. The van der Waals surface area contributed by atoms with Gasteiger partial charge in [0.2, 0.25) is 5.91 Å². The van der Waals surface area contributed by atoms with Gasteiger partial charge >= 0.3 is 0 Å². The molecule has 0 aliphatic carbocycles. The van der Waals surface area contributed by atoms with E-state index in [-0.39, 0.29) is 23.0 Å². The smallest absolute Gasteiger partial charge is 0.292 e. The second-order valence-electron chi connectivity index (χ2n) is 7.33. The SMILES string of the molecule is O=C(Cc1ccccc1[N+](=O)[O-])N1CCN(c2cnn(-c3ccccc3)c(=O)c2Cl)CC1. The van der Waals surface area contributed by atoms with Crippen LogP contribution in [0.25, 0.3) is 5.69 Å². The molecule has 164 valence electrons. The number of nitrogens with zero attached hydrogens (tertiary/aromatic N) is 5. The largest absolute Gasteiger partial charge is 0.365 e. The number of halogens is 1. The van der Waals surface area contributed by atoms with Crippen molar-refractivity contribution in [3.63, 3.8) is 0 Å². The third kappa shape index (κ3) is 4.33. The molecule has 1 aliphatic rings. The molecular formula is C22H20ClN5O4. The summed E-state index contributed by atoms with van der Waals surface area (Å²) in [6.45, 7) is 1.77. The van der Waals surface area contributed by atoms with Gasteiger partial charge in [-0.05, 0) is 12.1 Å². The van der Waals surface area contributed by atoms with Gasteiger partial charge < -0.3 is 9.80 Å². The monoisotopic (exact) mass is 453 g/mol. The topological polar surface area (TPSA) is 102 Å². The van der Waals surface area contributed by atoms with Crippen LogP contribution in [0.15, 0.2) is 65.6 Å². The number of carbonyl (C=O) groups is 1. The molecule has 10 heteroatoms. The standard InChI is InChI=1S/C22H20ClN5O4/c23-21-19(15-24-27(22(21)30)17-7-2-1-3-8-17)25-10-12-26(13-11-25)20(29)14-16-6-4-5-9-18(16)28(31)32/h1-9,15H,10-14H2. The van der Waals surface area contributed by atoms with E-state index in [0.29, 0.717) is 43.1 Å². The molecule has 0 N–H and O–H groups in total. The maximum Gasteiger partial charge on any atom is 0.292 e. The number of piperazine rings is 1. The van der Waals surface area contributed by atoms with Crippen molar-refractivity contribution in [3.05, 3.63) is 91.8 Å². The van der Waals surface area contributed by atoms with Gasteiger partial charge in [-0.1, -0.05) is 48.0 Å². The van der Waals surface area contributed by atoms with E-state index in [1.807, 2.05) is 23.1 Å². The lowest BCUT2D eigenvalue weighted by molar-refractivity contribution is -0.385. The van der Waals surface area contributed by atoms with E-state index < -0.39 is 10.5 Å². The van der Waals surface area contributed by atoms with Gasteiger partial charge in [0, 0.05) is 37.8 Å². The summed E-state index contributed by atoms with van der Waals surface area (Å²) in [7, 11) is 0. The molecule has 9 nitrogen and oxygen atoms in total. The number of anilines is 1. The van der Waals surface area contributed by atoms with Gasteiger partial charge in [0.25, 0.3) is 11.2 Å². The van der Waals surface area contributed by atoms with Crippen molar-refractivity contribution in [1.82, 2.24) is 14.7 Å². The van der Waals surface area contributed by atoms with Crippen LogP contribution in [-0.2, 0) is 11.2 Å². The van der Waals surface area contributed by atoms with E-state index in [1.165, 1.54) is 10.7 Å². The molecule has 1 aromatic heterocycles. The molecular weight excluding hydrogens is 434 g/mol. The zero-order valence-electron chi connectivity index (χ0n) is 17.1. The Morgan fingerprint density at radius 1 is 1.03 bits per heavy atom. The molecule has 1 saturated heterocycles. The fourth-order valence-electron chi connectivity index (χ4n) is 3.71. The third-order valence-corrected chi connectivity index (χ3v) is 5.76. The molecule has 1 amide bonds. The predicted octanol–water partition coefficient (Wildman–Crippen LogP) is 2.69. The summed E-state index contributed by atoms with van der Waals surface area (Å²) in [5, 5.41) is 15.5. The highest BCUT2D eigenvalue weighted by Crippen LogP contribution is 2.24. The minimum Gasteiger partial charge on any atom is -0.365 e. The first-order chi connectivity index (χ1) is 15.5. The molecule has 0 unspecified atom stereocenters. The van der Waals surface area contributed by atoms with E-state index in [2.05, 4.69) is 5.10 Å². The summed E-state index contributed by atoms with van der Waals surface area (Å²) in [5.41, 5.74) is 1.06. The Morgan fingerprint density at radius 3 is 2.38 bits per heavy atom. The Morgan fingerprint density at radius 2 is 1.69 bits per heavy atom. The molecule has 4 rings (SSSR count). The molecule has 0 radical (unpaired) electrons. The van der Waals surface area contributed by atoms with Gasteiger partial charge in [0.05, 0.1) is 28.9 Å². The zero-order valence-corrected chi connectivity index (χ0v) is 17.8. The first-order valence-electron chi connectivity index (χ1n) is 10.0. The van der Waals surface area contributed by atoms with Gasteiger partial charge in [0.1, 0.15) is 5.02 Å². The number of para-hydroxylation sites is 2. The lowest BCUT2D eigenvalue weighted by Crippen LogP contribution is -2.49. The van der Waals surface area contributed by atoms with Gasteiger partial charge in [-0.15, -0.1) is 0 Å². The number of hydrogen-bond donors (Lipinski definition) is 0. The van der Waals surface area contributed by atoms with Crippen molar-refractivity contribution < 1.29 is 9.72 Å². The second kappa shape index (κ2) is 9.19. The minimum atomic E-state index is -0.479. The number of hydrogen-bond acceptors (Lipinski definition) is 6. The highest BCUT2D eigenvalue weighted by molar-refractivity contribution is 6.33. The molecule has 0 saturated carbocycles. The van der Waals surface area contributed by atoms with Crippen LogP contribution in [0, 0.1) is 10.1 Å². The Bertz CT molecular complexity index is 1210. The molecule has 1 fully saturated rings. The summed E-state index contributed by atoms with van der Waals surface area (Å²) < 4.78 is 1.25. The average Bonchev–Trinajstić information content (AvgIpc) is 2.81. The summed E-state index contributed by atoms with van der Waals surface area (Å²) in [6, 6.07) is 15.3. The van der Waals surface area contributed by atoms with Crippen LogP contribution >= 0.6 is 11.6 Å². The Hall–Kier alpha value is -3.72. The number of nitro benzene ring substituents is 1. The number of nitro groups is 1. The zero-order chi connectivity index (χ0) is 22.7. The van der Waals surface area contributed by atoms with E-state index >= 15 is 0 Å². The van der Waals surface area contributed by atoms with Crippen LogP contribution in [0.5, 0.6) is 0 Å². The van der Waals surface area contributed by atoms with Crippen LogP contribution in [0.1, 0.15) is 5.56 Å². The van der Waals surface area contributed by atoms with Crippen molar-refractivity contribution in [1.29, 1.82) is 0 Å². The Labute approximate surface area is 188 Å². The van der Waals surface area contributed by atoms with Crippen molar-refractivity contribution >= 4 is 28.9 Å². The number of rotatable bonds is 5. The highest BCUT2D eigenvalue weighted by atomic mass is 35.5. The normalized spacial score (nSPS) is 13.8. The molecule has 1 aliphatic heterocycles. The number of carbonyl (C=O) groups excluding carboxylic acids is 1. The number of amides is 1. The first-order valence-corrected chi connectivity index (χ1v) is 10.4.